The van der Waals surface area contributed by atoms with Gasteiger partial charge in [0.1, 0.15) is 5.82 Å². The molecule has 0 aromatic heterocycles. The third kappa shape index (κ3) is 2.99. The lowest BCUT2D eigenvalue weighted by atomic mass is 10.1. The molecule has 0 amide bonds. The van der Waals surface area contributed by atoms with Crippen LogP contribution in [0.4, 0.5) is 10.1 Å². The van der Waals surface area contributed by atoms with Crippen molar-refractivity contribution < 1.29 is 9.13 Å². The van der Waals surface area contributed by atoms with Crippen molar-refractivity contribution in [2.75, 3.05) is 24.6 Å². The summed E-state index contributed by atoms with van der Waals surface area (Å²) in [5, 5.41) is 0.685. The Morgan fingerprint density at radius 1 is 1.53 bits per heavy atom. The van der Waals surface area contributed by atoms with Gasteiger partial charge < -0.3 is 9.64 Å². The number of anilines is 1. The van der Waals surface area contributed by atoms with E-state index in [0.29, 0.717) is 17.6 Å². The van der Waals surface area contributed by atoms with Crippen LogP contribution in [-0.2, 0) is 10.1 Å². The number of hydrogen-bond acceptors (Lipinski definition) is 2. The summed E-state index contributed by atoms with van der Waals surface area (Å²) < 4.78 is 19.5. The largest absolute Gasteiger partial charge is 0.375 e. The zero-order chi connectivity index (χ0) is 12.3. The van der Waals surface area contributed by atoms with Crippen molar-refractivity contribution in [2.24, 2.45) is 0 Å². The number of hydrogen-bond donors (Lipinski definition) is 0. The Balaban J connectivity index is 2.16. The maximum absolute atomic E-state index is 13.9. The second kappa shape index (κ2) is 5.83. The molecule has 94 valence electrons. The normalized spacial score (nSPS) is 20.6. The zero-order valence-electron chi connectivity index (χ0n) is 9.96. The maximum Gasteiger partial charge on any atom is 0.146 e. The Morgan fingerprint density at radius 2 is 2.35 bits per heavy atom. The molecule has 0 aliphatic carbocycles. The van der Waals surface area contributed by atoms with Crippen molar-refractivity contribution in [3.63, 3.8) is 0 Å². The van der Waals surface area contributed by atoms with Gasteiger partial charge in [0.05, 0.1) is 18.4 Å². The first-order valence-electron chi connectivity index (χ1n) is 5.95. The van der Waals surface area contributed by atoms with Gasteiger partial charge in [-0.2, -0.15) is 0 Å². The van der Waals surface area contributed by atoms with Gasteiger partial charge in [-0.15, -0.1) is 0 Å². The van der Waals surface area contributed by atoms with E-state index < -0.39 is 0 Å². The van der Waals surface area contributed by atoms with Gasteiger partial charge in [0.15, 0.2) is 0 Å². The van der Waals surface area contributed by atoms with Gasteiger partial charge in [0.2, 0.25) is 0 Å². The summed E-state index contributed by atoms with van der Waals surface area (Å²) in [6.45, 7) is 4.32. The van der Waals surface area contributed by atoms with Crippen LogP contribution in [0.5, 0.6) is 0 Å². The molecule has 1 atom stereocenters. The highest BCUT2D eigenvalue weighted by atomic mass is 79.9. The fourth-order valence-electron chi connectivity index (χ4n) is 2.08. The fourth-order valence-corrected chi connectivity index (χ4v) is 2.42. The average Bonchev–Trinajstić information content (AvgIpc) is 2.38. The smallest absolute Gasteiger partial charge is 0.146 e. The van der Waals surface area contributed by atoms with Crippen molar-refractivity contribution >= 4 is 21.6 Å². The summed E-state index contributed by atoms with van der Waals surface area (Å²) in [5.74, 6) is -0.140. The summed E-state index contributed by atoms with van der Waals surface area (Å²) in [7, 11) is 0. The van der Waals surface area contributed by atoms with E-state index in [0.717, 1.165) is 25.1 Å². The number of morpholine rings is 1. The minimum atomic E-state index is -0.140. The van der Waals surface area contributed by atoms with Crippen LogP contribution in [0.1, 0.15) is 18.9 Å². The van der Waals surface area contributed by atoms with Crippen LogP contribution in [0.2, 0.25) is 0 Å². The lowest BCUT2D eigenvalue weighted by molar-refractivity contribution is 0.0382. The van der Waals surface area contributed by atoms with Gasteiger partial charge in [-0.1, -0.05) is 28.9 Å². The molecule has 0 radical (unpaired) electrons. The standard InChI is InChI=1S/C13H17BrFNO/c1-2-11-9-16(5-6-17-11)13-4-3-10(8-14)7-12(13)15/h3-4,7,11H,2,5-6,8-9H2,1H3. The monoisotopic (exact) mass is 301 g/mol. The van der Waals surface area contributed by atoms with Gasteiger partial charge >= 0.3 is 0 Å². The predicted octanol–water partition coefficient (Wildman–Crippen LogP) is 3.34. The molecular weight excluding hydrogens is 285 g/mol. The molecule has 0 bridgehead atoms. The molecule has 0 saturated carbocycles. The molecular formula is C13H17BrFNO. The highest BCUT2D eigenvalue weighted by Crippen LogP contribution is 2.24. The SMILES string of the molecule is CCC1CN(c2ccc(CBr)cc2F)CCO1. The van der Waals surface area contributed by atoms with Crippen LogP contribution < -0.4 is 4.90 Å². The van der Waals surface area contributed by atoms with Crippen LogP contribution in [0.15, 0.2) is 18.2 Å². The molecule has 1 saturated heterocycles. The molecule has 0 spiro atoms. The molecule has 1 unspecified atom stereocenters. The Labute approximate surface area is 110 Å². The van der Waals surface area contributed by atoms with E-state index in [1.807, 2.05) is 12.1 Å². The number of benzene rings is 1. The molecule has 4 heteroatoms. The minimum absolute atomic E-state index is 0.140. The van der Waals surface area contributed by atoms with E-state index in [1.165, 1.54) is 0 Å². The quantitative estimate of drug-likeness (QED) is 0.794. The van der Waals surface area contributed by atoms with E-state index in [9.17, 15) is 4.39 Å². The van der Waals surface area contributed by atoms with Crippen LogP contribution in [0.25, 0.3) is 0 Å². The molecule has 1 aromatic rings. The molecule has 1 fully saturated rings. The molecule has 17 heavy (non-hydrogen) atoms. The number of alkyl halides is 1. The second-order valence-corrected chi connectivity index (χ2v) is 4.83. The van der Waals surface area contributed by atoms with Gasteiger partial charge in [-0.25, -0.2) is 4.39 Å². The van der Waals surface area contributed by atoms with Crippen LogP contribution in [-0.4, -0.2) is 25.8 Å². The lowest BCUT2D eigenvalue weighted by Gasteiger charge is -2.34. The summed E-state index contributed by atoms with van der Waals surface area (Å²) >= 11 is 3.33. The Bertz CT molecular complexity index is 386. The minimum Gasteiger partial charge on any atom is -0.375 e. The molecule has 1 aromatic carbocycles. The summed E-state index contributed by atoms with van der Waals surface area (Å²) in [6.07, 6.45) is 1.19. The van der Waals surface area contributed by atoms with Crippen molar-refractivity contribution in [3.8, 4) is 0 Å². The van der Waals surface area contributed by atoms with Gasteiger partial charge in [-0.05, 0) is 24.1 Å². The van der Waals surface area contributed by atoms with Crippen molar-refractivity contribution in [2.45, 2.75) is 24.8 Å². The van der Waals surface area contributed by atoms with E-state index >= 15 is 0 Å². The average molecular weight is 302 g/mol. The van der Waals surface area contributed by atoms with Gasteiger partial charge in [-0.3, -0.25) is 0 Å². The van der Waals surface area contributed by atoms with Crippen molar-refractivity contribution in [1.82, 2.24) is 0 Å². The third-order valence-electron chi connectivity index (χ3n) is 3.10. The number of ether oxygens (including phenoxy) is 1. The molecule has 2 nitrogen and oxygen atoms in total. The molecule has 1 aliphatic rings. The van der Waals surface area contributed by atoms with E-state index in [-0.39, 0.29) is 11.9 Å². The van der Waals surface area contributed by atoms with Crippen LogP contribution in [0, 0.1) is 5.82 Å². The second-order valence-electron chi connectivity index (χ2n) is 4.27. The molecule has 0 N–H and O–H groups in total. The first kappa shape index (κ1) is 12.8. The Kier molecular flexibility index (Phi) is 4.40. The summed E-state index contributed by atoms with van der Waals surface area (Å²) in [5.41, 5.74) is 1.66. The van der Waals surface area contributed by atoms with Crippen LogP contribution in [0.3, 0.4) is 0 Å². The Hall–Kier alpha value is -0.610. The molecule has 2 rings (SSSR count). The number of halogens is 2. The highest BCUT2D eigenvalue weighted by molar-refractivity contribution is 9.08. The molecule has 1 heterocycles. The predicted molar refractivity (Wildman–Crippen MR) is 71.3 cm³/mol. The fraction of sp³-hybridized carbons (Fsp3) is 0.538. The van der Waals surface area contributed by atoms with Crippen molar-refractivity contribution in [1.29, 1.82) is 0 Å². The van der Waals surface area contributed by atoms with Crippen molar-refractivity contribution in [3.05, 3.63) is 29.6 Å². The van der Waals surface area contributed by atoms with E-state index in [1.54, 1.807) is 6.07 Å². The van der Waals surface area contributed by atoms with Gasteiger partial charge in [0.25, 0.3) is 0 Å². The maximum atomic E-state index is 13.9. The number of nitrogens with zero attached hydrogens (tertiary/aromatic N) is 1. The third-order valence-corrected chi connectivity index (χ3v) is 3.75. The highest BCUT2D eigenvalue weighted by Gasteiger charge is 2.21. The van der Waals surface area contributed by atoms with E-state index in [2.05, 4.69) is 27.8 Å². The van der Waals surface area contributed by atoms with E-state index in [4.69, 9.17) is 4.74 Å². The topological polar surface area (TPSA) is 12.5 Å². The summed E-state index contributed by atoms with van der Waals surface area (Å²) in [6, 6.07) is 5.42. The van der Waals surface area contributed by atoms with Gasteiger partial charge in [0, 0.05) is 18.4 Å². The zero-order valence-corrected chi connectivity index (χ0v) is 11.5. The molecule has 1 aliphatic heterocycles. The summed E-state index contributed by atoms with van der Waals surface area (Å²) in [4.78, 5) is 2.07. The first-order chi connectivity index (χ1) is 8.24. The lowest BCUT2D eigenvalue weighted by Crippen LogP contribution is -2.42. The van der Waals surface area contributed by atoms with Crippen LogP contribution >= 0.6 is 15.9 Å². The Morgan fingerprint density at radius 3 is 3.00 bits per heavy atom. The number of rotatable bonds is 3. The first-order valence-corrected chi connectivity index (χ1v) is 7.07.